The van der Waals surface area contributed by atoms with Crippen molar-refractivity contribution in [3.63, 3.8) is 0 Å². The lowest BCUT2D eigenvalue weighted by Crippen LogP contribution is -2.69. The molecule has 4 fully saturated rings. The maximum Gasteiger partial charge on any atom is 0.308 e. The van der Waals surface area contributed by atoms with Crippen LogP contribution in [0.2, 0.25) is 109 Å². The molecular weight excluding hydrogens is 1390 g/mol. The van der Waals surface area contributed by atoms with E-state index in [1.165, 1.54) is 7.11 Å². The van der Waals surface area contributed by atoms with Crippen LogP contribution in [0.25, 0.3) is 0 Å². The molecule has 0 saturated carbocycles. The Labute approximate surface area is 548 Å². The van der Waals surface area contributed by atoms with Crippen LogP contribution >= 0.6 is 45.2 Å². The normalized spacial score (nSPS) is 29.5. The van der Waals surface area contributed by atoms with Crippen molar-refractivity contribution in [1.82, 2.24) is 0 Å². The zero-order valence-electron chi connectivity index (χ0n) is 58.9. The van der Waals surface area contributed by atoms with Crippen molar-refractivity contribution in [3.8, 4) is 0 Å². The van der Waals surface area contributed by atoms with Crippen molar-refractivity contribution in [2.75, 3.05) is 13.7 Å². The number of aliphatic hydroxyl groups excluding tert-OH is 1. The quantitative estimate of drug-likeness (QED) is 0.0703. The molecule has 4 rings (SSSR count). The van der Waals surface area contributed by atoms with Gasteiger partial charge in [0, 0.05) is 6.61 Å². The number of ether oxygens (including phenoxy) is 5. The van der Waals surface area contributed by atoms with E-state index in [0.29, 0.717) is 6.42 Å². The zero-order chi connectivity index (χ0) is 65.2. The van der Waals surface area contributed by atoms with Crippen molar-refractivity contribution in [1.29, 1.82) is 0 Å². The third-order valence-electron chi connectivity index (χ3n) is 21.3. The molecule has 14 atom stereocenters. The zero-order valence-corrected chi connectivity index (χ0v) is 69.3. The van der Waals surface area contributed by atoms with E-state index in [1.54, 1.807) is 0 Å². The highest BCUT2D eigenvalue weighted by atomic mass is 127. The minimum Gasteiger partial charge on any atom is -0.469 e. The van der Waals surface area contributed by atoms with Gasteiger partial charge in [-0.1, -0.05) is 170 Å². The van der Waals surface area contributed by atoms with Gasteiger partial charge in [-0.2, -0.15) is 0 Å². The van der Waals surface area contributed by atoms with Gasteiger partial charge in [0.1, 0.15) is 48.8 Å². The summed E-state index contributed by atoms with van der Waals surface area (Å²) in [6, 6.07) is 0. The fraction of sp³-hybridized carbons (Fsp3) is 0.921. The minimum absolute atomic E-state index is 0.00560. The maximum absolute atomic E-state index is 12.3. The summed E-state index contributed by atoms with van der Waals surface area (Å²) in [4.78, 5) is 12.3. The maximum atomic E-state index is 12.3. The Hall–Kier alpha value is 1.27. The first kappa shape index (κ1) is 79.5. The second-order valence-electron chi connectivity index (χ2n) is 33.9. The molecule has 0 aromatic heterocycles. The van der Waals surface area contributed by atoms with Crippen molar-refractivity contribution >= 4 is 101 Å². The summed E-state index contributed by atoms with van der Waals surface area (Å²) >= 11 is 4.59. The fourth-order valence-electron chi connectivity index (χ4n) is 9.48. The monoisotopic (exact) mass is 1510 g/mol. The van der Waals surface area contributed by atoms with E-state index in [0.717, 1.165) is 25.7 Å². The lowest BCUT2D eigenvalue weighted by atomic mass is 9.87. The van der Waals surface area contributed by atoms with Gasteiger partial charge in [0.05, 0.1) is 50.2 Å². The lowest BCUT2D eigenvalue weighted by molar-refractivity contribution is -0.267. The van der Waals surface area contributed by atoms with E-state index in [1.807, 2.05) is 4.08 Å². The number of rotatable bonds is 20. The number of methoxy groups -OCH3 is 1. The Morgan fingerprint density at radius 1 is 0.464 bits per heavy atom. The molecule has 4 saturated heterocycles. The van der Waals surface area contributed by atoms with Gasteiger partial charge < -0.3 is 55.3 Å². The Kier molecular flexibility index (Phi) is 28.1. The second-order valence-corrected chi connectivity index (χ2v) is 63.8. The number of fused-ring (bicyclic) bond motifs is 2. The molecule has 0 aromatic rings. The molecule has 494 valence electrons. The van der Waals surface area contributed by atoms with E-state index < -0.39 is 56.0 Å². The molecule has 0 amide bonds. The Balaban J connectivity index is 0.000000441. The average molecular weight is 1510 g/mol. The second kappa shape index (κ2) is 29.7. The Morgan fingerprint density at radius 3 is 1.02 bits per heavy atom. The summed E-state index contributed by atoms with van der Waals surface area (Å²) in [5, 5.41) is 9.82. The van der Waals surface area contributed by atoms with E-state index in [9.17, 15) is 9.90 Å². The highest BCUT2D eigenvalue weighted by molar-refractivity contribution is 14.1. The third-order valence-corrected chi connectivity index (χ3v) is 48.9. The van der Waals surface area contributed by atoms with Crippen LogP contribution in [0.15, 0.2) is 20.3 Å². The third kappa shape index (κ3) is 20.4. The minimum atomic E-state index is -2.31. The van der Waals surface area contributed by atoms with Crippen LogP contribution in [0.3, 0.4) is 0 Å². The molecule has 21 heteroatoms. The SMILES string of the molecule is CC(C)(C)[Si](C)(C)O[C@H]1[C@H]2O[C@@H](CCO)CC[C@@H]2OC([C@H](/C=C/I)O[Si](C)(C)C(C)(C)C)[C@H]1O[Si](C)(C)C(C)(C)C.COC(=O)C[C@H]1CC[C@@H]2OC([C@H](/C=C/I)O[Si](C)(C)C(C)(C)C)[C@@H](O[Si](C)(C)C(C)(C)C)[C@@H](O[Si](C)(C)C(C)(C)C)[C@H]2O1. The molecule has 0 spiro atoms. The number of carbonyl (C=O) groups is 1. The average Bonchev–Trinajstić information content (AvgIpc) is 2.34. The molecule has 1 N–H and O–H groups in total. The molecule has 4 aliphatic heterocycles. The first-order valence-electron chi connectivity index (χ1n) is 31.6. The summed E-state index contributed by atoms with van der Waals surface area (Å²) < 4.78 is 80.6. The van der Waals surface area contributed by atoms with Gasteiger partial charge in [0.15, 0.2) is 49.9 Å². The molecule has 4 aliphatic rings. The van der Waals surface area contributed by atoms with E-state index in [2.05, 4.69) is 265 Å². The van der Waals surface area contributed by atoms with Crippen molar-refractivity contribution in [2.24, 2.45) is 0 Å². The van der Waals surface area contributed by atoms with Crippen LogP contribution in [-0.2, 0) is 55.0 Å². The number of hydrogen-bond acceptors (Lipinski definition) is 13. The van der Waals surface area contributed by atoms with Crippen LogP contribution in [0, 0.1) is 0 Å². The molecule has 4 heterocycles. The van der Waals surface area contributed by atoms with E-state index >= 15 is 0 Å². The molecule has 13 nitrogen and oxygen atoms in total. The first-order valence-corrected chi connectivity index (χ1v) is 51.5. The van der Waals surface area contributed by atoms with Crippen LogP contribution in [0.5, 0.6) is 0 Å². The summed E-state index contributed by atoms with van der Waals surface area (Å²) in [6.45, 7) is 68.7. The number of aliphatic hydroxyl groups is 1. The summed E-state index contributed by atoms with van der Waals surface area (Å²) in [5.41, 5.74) is 0. The summed E-state index contributed by atoms with van der Waals surface area (Å²) in [6.07, 6.45) is 4.55. The van der Waals surface area contributed by atoms with Gasteiger partial charge in [-0.3, -0.25) is 4.79 Å². The molecule has 0 radical (unpaired) electrons. The van der Waals surface area contributed by atoms with E-state index in [4.69, 9.17) is 50.2 Å². The summed E-state index contributed by atoms with van der Waals surface area (Å²) in [5.74, 6) is -0.260. The topological polar surface area (TPSA) is 139 Å². The molecule has 0 aliphatic carbocycles. The lowest BCUT2D eigenvalue weighted by Gasteiger charge is -2.56. The van der Waals surface area contributed by atoms with Gasteiger partial charge in [-0.05, 0) is 161 Å². The van der Waals surface area contributed by atoms with Gasteiger partial charge >= 0.3 is 5.97 Å². The van der Waals surface area contributed by atoms with Crippen LogP contribution in [0.1, 0.15) is 163 Å². The van der Waals surface area contributed by atoms with E-state index in [-0.39, 0.29) is 129 Å². The number of carbonyl (C=O) groups excluding carboxylic acids is 1. The Morgan fingerprint density at radius 2 is 0.750 bits per heavy atom. The van der Waals surface area contributed by atoms with Crippen LogP contribution in [-0.4, -0.2) is 160 Å². The largest absolute Gasteiger partial charge is 0.469 e. The van der Waals surface area contributed by atoms with Crippen molar-refractivity contribution in [3.05, 3.63) is 20.3 Å². The molecule has 2 unspecified atom stereocenters. The van der Waals surface area contributed by atoms with Crippen LogP contribution in [0.4, 0.5) is 0 Å². The number of esters is 1. The number of hydrogen-bond donors (Lipinski definition) is 1. The molecule has 0 aromatic carbocycles. The molecule has 0 bridgehead atoms. The predicted molar refractivity (Wildman–Crippen MR) is 380 cm³/mol. The number of halogens is 2. The van der Waals surface area contributed by atoms with Gasteiger partial charge in [0.25, 0.3) is 0 Å². The highest BCUT2D eigenvalue weighted by Gasteiger charge is 2.60. The first-order chi connectivity index (χ1) is 37.7. The predicted octanol–water partition coefficient (Wildman–Crippen LogP) is 17.8. The highest BCUT2D eigenvalue weighted by Crippen LogP contribution is 2.50. The van der Waals surface area contributed by atoms with Crippen LogP contribution < -0.4 is 0 Å². The van der Waals surface area contributed by atoms with Crippen molar-refractivity contribution < 1.29 is 60.1 Å². The van der Waals surface area contributed by atoms with Crippen molar-refractivity contribution in [2.45, 2.75) is 357 Å². The smallest absolute Gasteiger partial charge is 0.308 e. The Bertz CT molecular complexity index is 2140. The van der Waals surface area contributed by atoms with Gasteiger partial charge in [-0.25, -0.2) is 0 Å². The van der Waals surface area contributed by atoms with Gasteiger partial charge in [0.2, 0.25) is 0 Å². The van der Waals surface area contributed by atoms with Gasteiger partial charge in [-0.15, -0.1) is 0 Å². The standard InChI is InChI=1S/C32H63IO7Si3.C31H63IO6Si3/c1-30(2,3)41(11,12)38-24(19-20-33)27-29(40-43(15,16)32(7,8)9)28(39-42(13,14)31(4,5)6)26-23(37-27)18-17-22(36-26)21-25(34)35-10;1-29(2,3)39(10,11)36-24(18-20-32)26-28(38-41(14,15)31(7,8)9)27(37-40(12,13)30(4,5)6)25-23(35-26)17-16-22(34-25)19-21-33/h19-20,22-24,26-29H,17-18,21H2,1-16H3;18,20,22-28,33H,16-17,19,21H2,1-15H3/b20-19+;20-18+/t22-,23+,24+,26+,27?,28+,29-;22-,23+,24+,25+,26?,27+,28-/m11/s1. The molecule has 84 heavy (non-hydrogen) atoms. The molecular formula is C63H126I2O13Si6. The fourth-order valence-corrected chi connectivity index (χ4v) is 18.0. The summed E-state index contributed by atoms with van der Waals surface area (Å²) in [7, 11) is -12.0.